The van der Waals surface area contributed by atoms with Crippen LogP contribution in [0.5, 0.6) is 0 Å². The van der Waals surface area contributed by atoms with Crippen LogP contribution in [-0.2, 0) is 14.6 Å². The SMILES string of the molecule is CCCNCC1(CCS(=O)(=O)C(C)(C)C)CCOCC1. The van der Waals surface area contributed by atoms with Crippen LogP contribution in [0.4, 0.5) is 0 Å². The Balaban J connectivity index is 2.66. The smallest absolute Gasteiger partial charge is 0.155 e. The minimum atomic E-state index is -3.03. The highest BCUT2D eigenvalue weighted by Gasteiger charge is 2.36. The molecule has 20 heavy (non-hydrogen) atoms. The van der Waals surface area contributed by atoms with Gasteiger partial charge in [0.25, 0.3) is 0 Å². The van der Waals surface area contributed by atoms with Crippen molar-refractivity contribution >= 4 is 9.84 Å². The molecule has 0 saturated carbocycles. The lowest BCUT2D eigenvalue weighted by Gasteiger charge is -2.38. The lowest BCUT2D eigenvalue weighted by atomic mass is 9.78. The van der Waals surface area contributed by atoms with Gasteiger partial charge in [0.05, 0.1) is 10.5 Å². The number of hydrogen-bond acceptors (Lipinski definition) is 4. The first-order chi connectivity index (χ1) is 9.22. The molecule has 0 radical (unpaired) electrons. The normalized spacial score (nSPS) is 20.0. The molecule has 0 aromatic carbocycles. The van der Waals surface area contributed by atoms with Gasteiger partial charge in [0.15, 0.2) is 9.84 Å². The largest absolute Gasteiger partial charge is 0.381 e. The lowest BCUT2D eigenvalue weighted by molar-refractivity contribution is 0.0133. The van der Waals surface area contributed by atoms with Crippen molar-refractivity contribution in [3.8, 4) is 0 Å². The maximum absolute atomic E-state index is 12.3. The van der Waals surface area contributed by atoms with Gasteiger partial charge in [-0.15, -0.1) is 0 Å². The molecule has 0 aliphatic carbocycles. The van der Waals surface area contributed by atoms with E-state index in [-0.39, 0.29) is 11.2 Å². The predicted molar refractivity (Wildman–Crippen MR) is 83.8 cm³/mol. The first-order valence-electron chi connectivity index (χ1n) is 7.73. The first kappa shape index (κ1) is 17.9. The number of hydrogen-bond donors (Lipinski definition) is 1. The van der Waals surface area contributed by atoms with Crippen LogP contribution in [0.25, 0.3) is 0 Å². The highest BCUT2D eigenvalue weighted by Crippen LogP contribution is 2.35. The molecule has 0 bridgehead atoms. The van der Waals surface area contributed by atoms with Crippen LogP contribution in [0.15, 0.2) is 0 Å². The third kappa shape index (κ3) is 5.01. The van der Waals surface area contributed by atoms with Gasteiger partial charge in [-0.3, -0.25) is 0 Å². The third-order valence-electron chi connectivity index (χ3n) is 4.31. The zero-order valence-electron chi connectivity index (χ0n) is 13.5. The highest BCUT2D eigenvalue weighted by molar-refractivity contribution is 7.92. The molecule has 1 aliphatic rings. The molecule has 0 atom stereocenters. The van der Waals surface area contributed by atoms with Crippen LogP contribution in [0.2, 0.25) is 0 Å². The Hall–Kier alpha value is -0.130. The Morgan fingerprint density at radius 3 is 2.30 bits per heavy atom. The topological polar surface area (TPSA) is 55.4 Å². The zero-order chi connectivity index (χ0) is 15.3. The molecule has 0 aromatic heterocycles. The van der Waals surface area contributed by atoms with Crippen LogP contribution in [0, 0.1) is 5.41 Å². The molecule has 1 aliphatic heterocycles. The monoisotopic (exact) mass is 305 g/mol. The fraction of sp³-hybridized carbons (Fsp3) is 1.00. The van der Waals surface area contributed by atoms with E-state index in [0.717, 1.165) is 52.0 Å². The van der Waals surface area contributed by atoms with Crippen molar-refractivity contribution in [1.29, 1.82) is 0 Å². The minimum Gasteiger partial charge on any atom is -0.381 e. The van der Waals surface area contributed by atoms with Crippen molar-refractivity contribution in [1.82, 2.24) is 5.32 Å². The summed E-state index contributed by atoms with van der Waals surface area (Å²) in [6.07, 6.45) is 3.77. The fourth-order valence-corrected chi connectivity index (χ4v) is 3.82. The molecule has 5 heteroatoms. The van der Waals surface area contributed by atoms with Gasteiger partial charge in [0.1, 0.15) is 0 Å². The van der Waals surface area contributed by atoms with Crippen molar-refractivity contribution in [3.63, 3.8) is 0 Å². The van der Waals surface area contributed by atoms with E-state index in [4.69, 9.17) is 4.74 Å². The quantitative estimate of drug-likeness (QED) is 0.734. The van der Waals surface area contributed by atoms with Gasteiger partial charge in [0.2, 0.25) is 0 Å². The highest BCUT2D eigenvalue weighted by atomic mass is 32.2. The number of rotatable bonds is 7. The Bertz CT molecular complexity index is 378. The van der Waals surface area contributed by atoms with E-state index in [1.54, 1.807) is 20.8 Å². The van der Waals surface area contributed by atoms with E-state index in [9.17, 15) is 8.42 Å². The van der Waals surface area contributed by atoms with Gasteiger partial charge in [-0.2, -0.15) is 0 Å². The van der Waals surface area contributed by atoms with E-state index in [1.807, 2.05) is 0 Å². The van der Waals surface area contributed by atoms with Crippen molar-refractivity contribution in [2.24, 2.45) is 5.41 Å². The van der Waals surface area contributed by atoms with Crippen molar-refractivity contribution < 1.29 is 13.2 Å². The van der Waals surface area contributed by atoms with E-state index < -0.39 is 14.6 Å². The van der Waals surface area contributed by atoms with Gasteiger partial charge >= 0.3 is 0 Å². The molecule has 4 nitrogen and oxygen atoms in total. The summed E-state index contributed by atoms with van der Waals surface area (Å²) in [5, 5.41) is 3.47. The van der Waals surface area contributed by atoms with Gasteiger partial charge in [-0.1, -0.05) is 6.92 Å². The number of nitrogens with one attached hydrogen (secondary N) is 1. The molecule has 0 spiro atoms. The summed E-state index contributed by atoms with van der Waals surface area (Å²) in [7, 11) is -3.03. The molecule has 1 rings (SSSR count). The summed E-state index contributed by atoms with van der Waals surface area (Å²) >= 11 is 0. The van der Waals surface area contributed by atoms with E-state index in [1.165, 1.54) is 0 Å². The lowest BCUT2D eigenvalue weighted by Crippen LogP contribution is -2.42. The molecule has 0 unspecified atom stereocenters. The van der Waals surface area contributed by atoms with Gasteiger partial charge < -0.3 is 10.1 Å². The van der Waals surface area contributed by atoms with Crippen molar-refractivity contribution in [2.75, 3.05) is 32.1 Å². The molecular formula is C15H31NO3S. The standard InChI is InChI=1S/C15H31NO3S/c1-5-9-16-13-15(6-10-19-11-7-15)8-12-20(17,18)14(2,3)4/h16H,5-13H2,1-4H3. The first-order valence-corrected chi connectivity index (χ1v) is 9.38. The summed E-state index contributed by atoms with van der Waals surface area (Å²) in [4.78, 5) is 0. The van der Waals surface area contributed by atoms with E-state index in [0.29, 0.717) is 0 Å². The van der Waals surface area contributed by atoms with E-state index in [2.05, 4.69) is 12.2 Å². The maximum atomic E-state index is 12.3. The fourth-order valence-electron chi connectivity index (χ4n) is 2.51. The molecule has 1 N–H and O–H groups in total. The number of sulfone groups is 1. The second kappa shape index (κ2) is 7.23. The minimum absolute atomic E-state index is 0.0890. The molecule has 0 amide bonds. The third-order valence-corrected chi connectivity index (χ3v) is 6.92. The molecule has 120 valence electrons. The van der Waals surface area contributed by atoms with Crippen molar-refractivity contribution in [2.45, 2.75) is 58.1 Å². The second-order valence-electron chi connectivity index (χ2n) is 6.97. The van der Waals surface area contributed by atoms with Gasteiger partial charge in [-0.05, 0) is 58.4 Å². The molecule has 0 aromatic rings. The summed E-state index contributed by atoms with van der Waals surface area (Å²) < 4.78 is 29.4. The van der Waals surface area contributed by atoms with Crippen LogP contribution in [0.1, 0.15) is 53.4 Å². The molecule has 1 fully saturated rings. The Morgan fingerprint density at radius 2 is 1.80 bits per heavy atom. The second-order valence-corrected chi connectivity index (χ2v) is 9.83. The summed E-state index contributed by atoms with van der Waals surface area (Å²) in [6.45, 7) is 10.9. The molecule has 1 saturated heterocycles. The average molecular weight is 305 g/mol. The van der Waals surface area contributed by atoms with E-state index >= 15 is 0 Å². The van der Waals surface area contributed by atoms with Crippen molar-refractivity contribution in [3.05, 3.63) is 0 Å². The maximum Gasteiger partial charge on any atom is 0.155 e. The van der Waals surface area contributed by atoms with Gasteiger partial charge in [-0.25, -0.2) is 8.42 Å². The summed E-state index contributed by atoms with van der Waals surface area (Å²) in [5.41, 5.74) is 0.0890. The Labute approximate surface area is 124 Å². The Morgan fingerprint density at radius 1 is 1.20 bits per heavy atom. The van der Waals surface area contributed by atoms with Gasteiger partial charge in [0, 0.05) is 19.8 Å². The van der Waals surface area contributed by atoms with Crippen LogP contribution >= 0.6 is 0 Å². The summed E-state index contributed by atoms with van der Waals surface area (Å²) in [6, 6.07) is 0. The zero-order valence-corrected chi connectivity index (χ0v) is 14.3. The summed E-state index contributed by atoms with van der Waals surface area (Å²) in [5.74, 6) is 0.282. The van der Waals surface area contributed by atoms with Crippen LogP contribution in [0.3, 0.4) is 0 Å². The van der Waals surface area contributed by atoms with Crippen LogP contribution in [-0.4, -0.2) is 45.2 Å². The Kier molecular flexibility index (Phi) is 6.48. The van der Waals surface area contributed by atoms with Crippen LogP contribution < -0.4 is 5.32 Å². The number of ether oxygens (including phenoxy) is 1. The predicted octanol–water partition coefficient (Wildman–Crippen LogP) is 2.39. The molecule has 1 heterocycles. The molecular weight excluding hydrogens is 274 g/mol. The average Bonchev–Trinajstić information content (AvgIpc) is 2.37.